The second-order valence-corrected chi connectivity index (χ2v) is 0. The first-order valence-electron chi connectivity index (χ1n) is 0. The summed E-state index contributed by atoms with van der Waals surface area (Å²) in [6.07, 6.45) is 0. The first-order valence-corrected chi connectivity index (χ1v) is 0. The van der Waals surface area contributed by atoms with E-state index in [-0.39, 0.29) is 119 Å². The minimum absolute atomic E-state index is 0. The van der Waals surface area contributed by atoms with Crippen molar-refractivity contribution in [3.63, 3.8) is 0 Å². The van der Waals surface area contributed by atoms with Crippen molar-refractivity contribution in [2.24, 2.45) is 0 Å². The molecule has 66 valence electrons. The third-order valence-electron chi connectivity index (χ3n) is 0. The minimum atomic E-state index is 0. The van der Waals surface area contributed by atoms with Gasteiger partial charge in [0.15, 0.2) is 0 Å². The maximum atomic E-state index is 0. The van der Waals surface area contributed by atoms with Gasteiger partial charge in [0.2, 0.25) is 0 Å². The number of rotatable bonds is 0. The van der Waals surface area contributed by atoms with E-state index in [1.54, 1.807) is 0 Å². The molecule has 0 saturated carbocycles. The van der Waals surface area contributed by atoms with Crippen LogP contribution in [0.1, 0.15) is 0 Å². The Balaban J connectivity index is 0. The zero-order valence-electron chi connectivity index (χ0n) is 5.71. The SMILES string of the molecule is O.O.O.O.O.[Na+].[Na+].[OH-].[OH-].[Pt]. The first kappa shape index (κ1) is 278. The van der Waals surface area contributed by atoms with Gasteiger partial charge in [0, 0.05) is 21.1 Å². The third-order valence-corrected chi connectivity index (χ3v) is 0. The number of hydrogen-bond donors (Lipinski definition) is 0. The molecule has 0 rings (SSSR count). The van der Waals surface area contributed by atoms with Crippen molar-refractivity contribution in [3.8, 4) is 0 Å². The zero-order valence-corrected chi connectivity index (χ0v) is 12.0. The van der Waals surface area contributed by atoms with E-state index in [1.807, 2.05) is 0 Å². The van der Waals surface area contributed by atoms with Crippen LogP contribution >= 0.6 is 0 Å². The molecule has 0 atom stereocenters. The van der Waals surface area contributed by atoms with Crippen LogP contribution in [0, 0.1) is 0 Å². The Morgan fingerprint density at radius 1 is 0.400 bits per heavy atom. The molecule has 0 aromatic rings. The van der Waals surface area contributed by atoms with E-state index >= 15 is 0 Å². The molecular weight excluding hydrogens is 353 g/mol. The van der Waals surface area contributed by atoms with Crippen LogP contribution in [0.25, 0.3) is 0 Å². The van der Waals surface area contributed by atoms with Crippen LogP contribution < -0.4 is 59.1 Å². The molecular formula is H12Na2O7Pt. The van der Waals surface area contributed by atoms with Crippen molar-refractivity contribution >= 4 is 0 Å². The molecule has 0 aliphatic heterocycles. The topological polar surface area (TPSA) is 218 Å². The molecule has 0 aromatic heterocycles. The third kappa shape index (κ3) is 159. The second kappa shape index (κ2) is 213. The molecule has 0 radical (unpaired) electrons. The van der Waals surface area contributed by atoms with Gasteiger partial charge in [-0.1, -0.05) is 0 Å². The normalized spacial score (nSPS) is 0. The van der Waals surface area contributed by atoms with Crippen molar-refractivity contribution in [3.05, 3.63) is 0 Å². The van der Waals surface area contributed by atoms with Gasteiger partial charge in [-0.3, -0.25) is 0 Å². The summed E-state index contributed by atoms with van der Waals surface area (Å²) < 4.78 is 0. The first-order chi connectivity index (χ1) is 0. The van der Waals surface area contributed by atoms with Gasteiger partial charge in [0.25, 0.3) is 0 Å². The molecule has 0 heterocycles. The van der Waals surface area contributed by atoms with Gasteiger partial charge in [0.05, 0.1) is 0 Å². The summed E-state index contributed by atoms with van der Waals surface area (Å²) in [4.78, 5) is 0. The molecule has 0 aliphatic rings. The second-order valence-electron chi connectivity index (χ2n) is 0. The summed E-state index contributed by atoms with van der Waals surface area (Å²) in [5.41, 5.74) is 0. The zero-order chi connectivity index (χ0) is 0. The maximum Gasteiger partial charge on any atom is 1.00 e. The summed E-state index contributed by atoms with van der Waals surface area (Å²) in [7, 11) is 0. The van der Waals surface area contributed by atoms with Gasteiger partial charge in [0.1, 0.15) is 0 Å². The molecule has 0 saturated heterocycles. The van der Waals surface area contributed by atoms with Gasteiger partial charge in [-0.2, -0.15) is 0 Å². The Bertz CT molecular complexity index is 11.6. The monoisotopic (exact) mass is 365 g/mol. The van der Waals surface area contributed by atoms with Crippen molar-refractivity contribution in [1.82, 2.24) is 0 Å². The van der Waals surface area contributed by atoms with Gasteiger partial charge in [-0.15, -0.1) is 0 Å². The molecule has 10 heteroatoms. The van der Waals surface area contributed by atoms with Crippen molar-refractivity contribution in [2.45, 2.75) is 0 Å². The Morgan fingerprint density at radius 2 is 0.400 bits per heavy atom. The summed E-state index contributed by atoms with van der Waals surface area (Å²) >= 11 is 0. The molecule has 0 aromatic carbocycles. The van der Waals surface area contributed by atoms with Gasteiger partial charge >= 0.3 is 59.1 Å². The Labute approximate surface area is 117 Å². The fourth-order valence-electron chi connectivity index (χ4n) is 0. The predicted octanol–water partition coefficient (Wildman–Crippen LogP) is -10.5. The van der Waals surface area contributed by atoms with Crippen molar-refractivity contribution in [2.75, 3.05) is 0 Å². The molecule has 7 nitrogen and oxygen atoms in total. The standard InChI is InChI=1S/2Na.7H2O.Pt/h;;7*1H2;/q2*+1;;;;;;;;/p-2. The van der Waals surface area contributed by atoms with Gasteiger partial charge < -0.3 is 38.3 Å². The molecule has 0 spiro atoms. The van der Waals surface area contributed by atoms with E-state index < -0.39 is 0 Å². The molecule has 12 N–H and O–H groups in total. The van der Waals surface area contributed by atoms with Crippen LogP contribution in [-0.4, -0.2) is 38.3 Å². The van der Waals surface area contributed by atoms with Gasteiger partial charge in [-0.25, -0.2) is 0 Å². The van der Waals surface area contributed by atoms with Crippen molar-refractivity contribution < 1.29 is 119 Å². The summed E-state index contributed by atoms with van der Waals surface area (Å²) in [5, 5.41) is 0. The van der Waals surface area contributed by atoms with E-state index in [0.717, 1.165) is 0 Å². The summed E-state index contributed by atoms with van der Waals surface area (Å²) in [5.74, 6) is 0. The molecule has 0 unspecified atom stereocenters. The fraction of sp³-hybridized carbons (Fsp3) is 0. The predicted molar refractivity (Wildman–Crippen MR) is 21.9 cm³/mol. The average molecular weight is 365 g/mol. The maximum absolute atomic E-state index is 0. The van der Waals surface area contributed by atoms with E-state index in [1.165, 1.54) is 0 Å². The number of hydrogen-bond acceptors (Lipinski definition) is 2. The Kier molecular flexibility index (Phi) is 5930. The molecule has 0 bridgehead atoms. The van der Waals surface area contributed by atoms with E-state index in [2.05, 4.69) is 0 Å². The minimum Gasteiger partial charge on any atom is -0.870 e. The summed E-state index contributed by atoms with van der Waals surface area (Å²) in [6.45, 7) is 0. The quantitative estimate of drug-likeness (QED) is 0.382. The average Bonchev–Trinajstić information content (AvgIpc) is 0. The van der Waals surface area contributed by atoms with Crippen LogP contribution in [0.3, 0.4) is 0 Å². The van der Waals surface area contributed by atoms with Crippen molar-refractivity contribution in [1.29, 1.82) is 0 Å². The van der Waals surface area contributed by atoms with Crippen LogP contribution in [0.4, 0.5) is 0 Å². The van der Waals surface area contributed by atoms with Crippen LogP contribution in [-0.2, 0) is 21.1 Å². The molecule has 0 aliphatic carbocycles. The fourth-order valence-corrected chi connectivity index (χ4v) is 0. The van der Waals surface area contributed by atoms with E-state index in [0.29, 0.717) is 0 Å². The Hall–Kier alpha value is 2.41. The van der Waals surface area contributed by atoms with Crippen LogP contribution in [0.2, 0.25) is 0 Å². The molecule has 0 fully saturated rings. The molecule has 10 heavy (non-hydrogen) atoms. The summed E-state index contributed by atoms with van der Waals surface area (Å²) in [6, 6.07) is 0. The molecule has 0 amide bonds. The van der Waals surface area contributed by atoms with Gasteiger partial charge in [-0.05, 0) is 0 Å². The van der Waals surface area contributed by atoms with E-state index in [9.17, 15) is 0 Å². The van der Waals surface area contributed by atoms with E-state index in [4.69, 9.17) is 0 Å². The smallest absolute Gasteiger partial charge is 0.870 e. The largest absolute Gasteiger partial charge is 1.00 e. The van der Waals surface area contributed by atoms with Crippen LogP contribution in [0.5, 0.6) is 0 Å². The van der Waals surface area contributed by atoms with Crippen LogP contribution in [0.15, 0.2) is 0 Å². The Morgan fingerprint density at radius 3 is 0.400 bits per heavy atom.